The predicted molar refractivity (Wildman–Crippen MR) is 131 cm³/mol. The van der Waals surface area contributed by atoms with Gasteiger partial charge >= 0.3 is 5.97 Å². The van der Waals surface area contributed by atoms with Crippen LogP contribution >= 0.6 is 11.6 Å². The number of nitrogens with one attached hydrogen (secondary N) is 2. The third kappa shape index (κ3) is 5.88. The quantitative estimate of drug-likeness (QED) is 0.406. The van der Waals surface area contributed by atoms with Crippen molar-refractivity contribution in [3.63, 3.8) is 0 Å². The Labute approximate surface area is 204 Å². The number of anilines is 3. The molecule has 0 radical (unpaired) electrons. The van der Waals surface area contributed by atoms with E-state index >= 15 is 0 Å². The number of esters is 1. The Bertz CT molecular complexity index is 1060. The van der Waals surface area contributed by atoms with Crippen molar-refractivity contribution in [2.24, 2.45) is 0 Å². The smallest absolute Gasteiger partial charge is 0.331 e. The van der Waals surface area contributed by atoms with Crippen molar-refractivity contribution in [1.29, 1.82) is 0 Å². The maximum absolute atomic E-state index is 14.6. The van der Waals surface area contributed by atoms with Crippen LogP contribution in [0.3, 0.4) is 0 Å². The zero-order valence-electron chi connectivity index (χ0n) is 20.3. The molecule has 1 aromatic carbocycles. The molecule has 1 aromatic heterocycles. The maximum atomic E-state index is 14.6. The molecule has 34 heavy (non-hydrogen) atoms. The van der Waals surface area contributed by atoms with Gasteiger partial charge in [0.2, 0.25) is 5.95 Å². The molecule has 0 bridgehead atoms. The van der Waals surface area contributed by atoms with Gasteiger partial charge in [-0.3, -0.25) is 0 Å². The second kappa shape index (κ2) is 10.0. The predicted octanol–water partition coefficient (Wildman–Crippen LogP) is 5.14. The molecule has 2 aromatic rings. The fourth-order valence-corrected chi connectivity index (χ4v) is 4.86. The SMILES string of the molecule is COC(=O)C=CN1C(C)(C)CC(Nc2nc(Nc3ccc(OC)c(Cl)c3)ncc2F)CC1(C)C. The number of hydrogen-bond donors (Lipinski definition) is 2. The minimum Gasteiger partial charge on any atom is -0.495 e. The molecule has 1 aliphatic rings. The summed E-state index contributed by atoms with van der Waals surface area (Å²) in [5.74, 6) is -0.0445. The summed E-state index contributed by atoms with van der Waals surface area (Å²) in [7, 11) is 2.89. The monoisotopic (exact) mass is 491 g/mol. The number of piperidine rings is 1. The Hall–Kier alpha value is -3.07. The van der Waals surface area contributed by atoms with E-state index in [-0.39, 0.29) is 28.9 Å². The van der Waals surface area contributed by atoms with Gasteiger partial charge in [0.25, 0.3) is 0 Å². The first kappa shape index (κ1) is 25.6. The number of carbonyl (C=O) groups is 1. The average Bonchev–Trinajstić information content (AvgIpc) is 2.74. The van der Waals surface area contributed by atoms with Gasteiger partial charge in [0.15, 0.2) is 11.6 Å². The topological polar surface area (TPSA) is 88.6 Å². The summed E-state index contributed by atoms with van der Waals surface area (Å²) in [5, 5.41) is 6.74. The zero-order chi connectivity index (χ0) is 25.1. The minimum atomic E-state index is -0.540. The lowest BCUT2D eigenvalue weighted by molar-refractivity contribution is -0.135. The summed E-state index contributed by atoms with van der Waals surface area (Å²) >= 11 is 6.18. The number of hydrogen-bond acceptors (Lipinski definition) is 8. The molecular formula is C24H31ClFN5O3. The van der Waals surface area contributed by atoms with Crippen LogP contribution in [0.4, 0.5) is 21.8 Å². The number of carbonyl (C=O) groups excluding carboxylic acids is 1. The van der Waals surface area contributed by atoms with Crippen molar-refractivity contribution >= 4 is 35.0 Å². The highest BCUT2D eigenvalue weighted by atomic mass is 35.5. The van der Waals surface area contributed by atoms with Gasteiger partial charge in [0, 0.05) is 35.1 Å². The molecule has 184 valence electrons. The van der Waals surface area contributed by atoms with Gasteiger partial charge in [-0.2, -0.15) is 4.98 Å². The molecule has 1 fully saturated rings. The van der Waals surface area contributed by atoms with Crippen molar-refractivity contribution < 1.29 is 18.7 Å². The number of likely N-dealkylation sites (tertiary alicyclic amines) is 1. The Morgan fingerprint density at radius 3 is 2.50 bits per heavy atom. The summed E-state index contributed by atoms with van der Waals surface area (Å²) in [6.07, 6.45) is 5.72. The van der Waals surface area contributed by atoms with Crippen LogP contribution in [0.1, 0.15) is 40.5 Å². The van der Waals surface area contributed by atoms with Crippen LogP contribution in [0.15, 0.2) is 36.7 Å². The molecule has 3 rings (SSSR count). The minimum absolute atomic E-state index is 0.0551. The van der Waals surface area contributed by atoms with E-state index in [4.69, 9.17) is 21.1 Å². The van der Waals surface area contributed by atoms with Crippen LogP contribution < -0.4 is 15.4 Å². The van der Waals surface area contributed by atoms with E-state index in [0.717, 1.165) is 6.20 Å². The highest BCUT2D eigenvalue weighted by molar-refractivity contribution is 6.32. The summed E-state index contributed by atoms with van der Waals surface area (Å²) in [6, 6.07) is 5.12. The number of methoxy groups -OCH3 is 2. The summed E-state index contributed by atoms with van der Waals surface area (Å²) in [4.78, 5) is 22.1. The molecule has 0 unspecified atom stereocenters. The fraction of sp³-hybridized carbons (Fsp3) is 0.458. The number of halogens is 2. The molecule has 2 N–H and O–H groups in total. The van der Waals surface area contributed by atoms with Gasteiger partial charge in [-0.15, -0.1) is 0 Å². The van der Waals surface area contributed by atoms with Crippen molar-refractivity contribution in [2.75, 3.05) is 24.9 Å². The first-order chi connectivity index (χ1) is 15.9. The summed E-state index contributed by atoms with van der Waals surface area (Å²) in [5.41, 5.74) is 0.0271. The normalized spacial score (nSPS) is 17.5. The summed E-state index contributed by atoms with van der Waals surface area (Å²) < 4.78 is 24.5. The van der Waals surface area contributed by atoms with Gasteiger partial charge in [-0.05, 0) is 58.7 Å². The second-order valence-electron chi connectivity index (χ2n) is 9.45. The first-order valence-corrected chi connectivity index (χ1v) is 11.3. The van der Waals surface area contributed by atoms with Gasteiger partial charge in [0.05, 0.1) is 25.4 Å². The van der Waals surface area contributed by atoms with E-state index in [2.05, 4.69) is 53.2 Å². The zero-order valence-corrected chi connectivity index (χ0v) is 21.0. The van der Waals surface area contributed by atoms with Gasteiger partial charge < -0.3 is 25.0 Å². The number of rotatable bonds is 7. The van der Waals surface area contributed by atoms with Crippen LogP contribution in [0.2, 0.25) is 5.02 Å². The molecule has 1 aliphatic heterocycles. The van der Waals surface area contributed by atoms with Crippen LogP contribution in [-0.4, -0.2) is 52.2 Å². The highest BCUT2D eigenvalue weighted by Gasteiger charge is 2.44. The van der Waals surface area contributed by atoms with Crippen LogP contribution in [0.5, 0.6) is 5.75 Å². The van der Waals surface area contributed by atoms with Crippen LogP contribution in [0, 0.1) is 5.82 Å². The van der Waals surface area contributed by atoms with Crippen LogP contribution in [0.25, 0.3) is 0 Å². The van der Waals surface area contributed by atoms with E-state index in [9.17, 15) is 9.18 Å². The number of ether oxygens (including phenoxy) is 2. The molecule has 0 aliphatic carbocycles. The summed E-state index contributed by atoms with van der Waals surface area (Å²) in [6.45, 7) is 8.34. The van der Waals surface area contributed by atoms with Gasteiger partial charge in [0.1, 0.15) is 5.75 Å². The lowest BCUT2D eigenvalue weighted by Crippen LogP contribution is -2.60. The Morgan fingerprint density at radius 2 is 1.91 bits per heavy atom. The molecule has 8 nitrogen and oxygen atoms in total. The largest absolute Gasteiger partial charge is 0.495 e. The van der Waals surface area contributed by atoms with E-state index in [1.165, 1.54) is 20.3 Å². The van der Waals surface area contributed by atoms with E-state index in [1.54, 1.807) is 24.4 Å². The molecule has 0 amide bonds. The standard InChI is InChI=1S/C24H31ClFN5O3/c1-23(2)12-16(13-24(3,4)31(23)10-9-20(32)34-6)28-21-18(26)14-27-22(30-21)29-15-7-8-19(33-5)17(25)11-15/h7-11,14,16H,12-13H2,1-6H3,(H2,27,28,29,30). The molecular weight excluding hydrogens is 461 g/mol. The Kier molecular flexibility index (Phi) is 7.55. The fourth-order valence-electron chi connectivity index (χ4n) is 4.60. The van der Waals surface area contributed by atoms with E-state index < -0.39 is 11.8 Å². The lowest BCUT2D eigenvalue weighted by atomic mass is 9.77. The van der Waals surface area contributed by atoms with Crippen molar-refractivity contribution in [2.45, 2.75) is 57.7 Å². The molecule has 10 heteroatoms. The third-order valence-electron chi connectivity index (χ3n) is 5.85. The lowest BCUT2D eigenvalue weighted by Gasteiger charge is -2.55. The number of benzene rings is 1. The van der Waals surface area contributed by atoms with Crippen molar-refractivity contribution in [1.82, 2.24) is 14.9 Å². The van der Waals surface area contributed by atoms with Gasteiger partial charge in [-0.1, -0.05) is 11.6 Å². The van der Waals surface area contributed by atoms with Crippen molar-refractivity contribution in [3.8, 4) is 5.75 Å². The maximum Gasteiger partial charge on any atom is 0.331 e. The highest BCUT2D eigenvalue weighted by Crippen LogP contribution is 2.40. The first-order valence-electron chi connectivity index (χ1n) is 10.9. The van der Waals surface area contributed by atoms with Crippen molar-refractivity contribution in [3.05, 3.63) is 47.5 Å². The number of aromatic nitrogens is 2. The second-order valence-corrected chi connectivity index (χ2v) is 9.85. The molecule has 0 saturated carbocycles. The third-order valence-corrected chi connectivity index (χ3v) is 6.15. The Balaban J connectivity index is 1.77. The average molecular weight is 492 g/mol. The number of nitrogens with zero attached hydrogens (tertiary/aromatic N) is 3. The molecule has 2 heterocycles. The Morgan fingerprint density at radius 1 is 1.24 bits per heavy atom. The molecule has 0 spiro atoms. The van der Waals surface area contributed by atoms with E-state index in [0.29, 0.717) is 29.3 Å². The molecule has 0 atom stereocenters. The van der Waals surface area contributed by atoms with Crippen LogP contribution in [-0.2, 0) is 9.53 Å². The van der Waals surface area contributed by atoms with Gasteiger partial charge in [-0.25, -0.2) is 14.2 Å². The molecule has 1 saturated heterocycles. The van der Waals surface area contributed by atoms with E-state index in [1.807, 2.05) is 0 Å².